The van der Waals surface area contributed by atoms with E-state index >= 15 is 0 Å². The van der Waals surface area contributed by atoms with Crippen LogP contribution in [0.2, 0.25) is 0 Å². The van der Waals surface area contributed by atoms with Crippen molar-refractivity contribution in [2.75, 3.05) is 0 Å². The van der Waals surface area contributed by atoms with Gasteiger partial charge in [-0.1, -0.05) is 254 Å². The van der Waals surface area contributed by atoms with Gasteiger partial charge in [-0.25, -0.2) is 0 Å². The molecule has 14 aromatic rings. The second kappa shape index (κ2) is 17.1. The highest BCUT2D eigenvalue weighted by Gasteiger charge is 2.53. The van der Waals surface area contributed by atoms with Crippen LogP contribution in [0.3, 0.4) is 0 Å². The van der Waals surface area contributed by atoms with Crippen LogP contribution in [0.25, 0.3) is 111 Å². The van der Waals surface area contributed by atoms with Gasteiger partial charge in [-0.15, -0.1) is 0 Å². The van der Waals surface area contributed by atoms with Crippen molar-refractivity contribution in [3.63, 3.8) is 0 Å². The normalized spacial score (nSPS) is 13.9. The number of fused-ring (bicyclic) bond motifs is 21. The van der Waals surface area contributed by atoms with E-state index in [0.717, 1.165) is 28.4 Å². The zero-order chi connectivity index (χ0) is 56.8. The molecule has 402 valence electrons. The summed E-state index contributed by atoms with van der Waals surface area (Å²) in [6.45, 7) is 13.9. The van der Waals surface area contributed by atoms with Crippen LogP contribution in [0, 0.1) is 0 Å². The van der Waals surface area contributed by atoms with Crippen molar-refractivity contribution < 1.29 is 4.74 Å². The van der Waals surface area contributed by atoms with Gasteiger partial charge in [0.15, 0.2) is 0 Å². The zero-order valence-corrected chi connectivity index (χ0v) is 48.6. The van der Waals surface area contributed by atoms with Gasteiger partial charge in [0.2, 0.25) is 0 Å². The second-order valence-corrected chi connectivity index (χ2v) is 26.3. The average molecular weight is 1090 g/mol. The summed E-state index contributed by atoms with van der Waals surface area (Å²) in [5.41, 5.74) is 30.2. The zero-order valence-electron chi connectivity index (χ0n) is 48.6. The third-order valence-corrected chi connectivity index (χ3v) is 19.6. The van der Waals surface area contributed by atoms with Crippen LogP contribution in [-0.4, -0.2) is 15.8 Å². The highest BCUT2D eigenvalue weighted by molar-refractivity contribution is 6.99. The first-order valence-electron chi connectivity index (χ1n) is 30.2. The molecule has 0 atom stereocenters. The maximum Gasteiger partial charge on any atom is 0.256 e. The second-order valence-electron chi connectivity index (χ2n) is 26.3. The van der Waals surface area contributed by atoms with Gasteiger partial charge in [-0.3, -0.25) is 0 Å². The topological polar surface area (TPSA) is 19.1 Å². The Morgan fingerprint density at radius 1 is 0.341 bits per heavy atom. The van der Waals surface area contributed by atoms with E-state index < -0.39 is 5.41 Å². The van der Waals surface area contributed by atoms with Crippen LogP contribution < -0.4 is 21.1 Å². The van der Waals surface area contributed by atoms with E-state index in [2.05, 4.69) is 299 Å². The monoisotopic (exact) mass is 1090 g/mol. The number of para-hydroxylation sites is 2. The van der Waals surface area contributed by atoms with Crippen molar-refractivity contribution in [1.82, 2.24) is 9.13 Å². The summed E-state index contributed by atoms with van der Waals surface area (Å²) < 4.78 is 13.0. The van der Waals surface area contributed by atoms with E-state index in [-0.39, 0.29) is 17.5 Å². The molecule has 4 heterocycles. The van der Waals surface area contributed by atoms with Crippen LogP contribution in [0.5, 0.6) is 11.5 Å². The van der Waals surface area contributed by atoms with E-state index in [4.69, 9.17) is 4.74 Å². The van der Waals surface area contributed by atoms with E-state index in [1.807, 2.05) is 0 Å². The molecule has 0 N–H and O–H groups in total. The first-order valence-corrected chi connectivity index (χ1v) is 30.2. The summed E-state index contributed by atoms with van der Waals surface area (Å²) in [6.07, 6.45) is 0. The maximum atomic E-state index is 7.79. The molecule has 85 heavy (non-hydrogen) atoms. The molecule has 0 unspecified atom stereocenters. The Kier molecular flexibility index (Phi) is 9.79. The van der Waals surface area contributed by atoms with Crippen molar-refractivity contribution in [1.29, 1.82) is 0 Å². The molecule has 0 saturated heterocycles. The molecule has 0 bridgehead atoms. The molecule has 18 rings (SSSR count). The lowest BCUT2D eigenvalue weighted by Crippen LogP contribution is -2.58. The van der Waals surface area contributed by atoms with Crippen LogP contribution in [0.4, 0.5) is 0 Å². The summed E-state index contributed by atoms with van der Waals surface area (Å²) in [4.78, 5) is 0. The van der Waals surface area contributed by atoms with Gasteiger partial charge in [0.05, 0.1) is 33.2 Å². The molecule has 2 aromatic heterocycles. The number of hydrogen-bond donors (Lipinski definition) is 0. The lowest BCUT2D eigenvalue weighted by molar-refractivity contribution is 0.486. The third kappa shape index (κ3) is 6.57. The minimum absolute atomic E-state index is 0.0725. The van der Waals surface area contributed by atoms with Crippen LogP contribution in [-0.2, 0) is 16.2 Å². The fourth-order valence-electron chi connectivity index (χ4n) is 15.8. The predicted molar refractivity (Wildman–Crippen MR) is 356 cm³/mol. The molecule has 1 spiro atoms. The van der Waals surface area contributed by atoms with Crippen molar-refractivity contribution in [2.45, 2.75) is 57.8 Å². The van der Waals surface area contributed by atoms with Gasteiger partial charge in [0.25, 0.3) is 6.71 Å². The van der Waals surface area contributed by atoms with Gasteiger partial charge >= 0.3 is 0 Å². The minimum Gasteiger partial charge on any atom is -0.458 e. The fraction of sp³-hybridized carbons (Fsp3) is 0.111. The van der Waals surface area contributed by atoms with E-state index in [0.29, 0.717) is 0 Å². The molecule has 0 saturated carbocycles. The molecule has 4 aliphatic rings. The number of ether oxygens (including phenoxy) is 1. The Hall–Kier alpha value is -9.90. The SMILES string of the molecule is CC(C)(C)c1cc(-c2cc3c4c(c2)-n2c5ccccc5c5c2c(cc2c6ccccc6n(-c6cc(-c7ccccc7)ccc6-c6ccccc6)c25)B4c2cc4c(cc2O3)C2(c3ccccc3-c3ccccc32)c2ccccc2-4)cc(C(C)(C)C)c1. The lowest BCUT2D eigenvalue weighted by Gasteiger charge is -2.35. The molecule has 4 heteroatoms. The highest BCUT2D eigenvalue weighted by Crippen LogP contribution is 2.63. The Bertz CT molecular complexity index is 5160. The molecule has 2 aliphatic heterocycles. The van der Waals surface area contributed by atoms with E-state index in [1.165, 1.54) is 143 Å². The number of aromatic nitrogens is 2. The van der Waals surface area contributed by atoms with Crippen LogP contribution in [0.1, 0.15) is 74.9 Å². The number of hydrogen-bond acceptors (Lipinski definition) is 1. The molecular formula is C81H59BN2O. The number of nitrogens with zero attached hydrogens (tertiary/aromatic N) is 2. The summed E-state index contributed by atoms with van der Waals surface area (Å²) in [6, 6.07) is 94.4. The van der Waals surface area contributed by atoms with E-state index in [9.17, 15) is 0 Å². The predicted octanol–water partition coefficient (Wildman–Crippen LogP) is 18.8. The fourth-order valence-corrected chi connectivity index (χ4v) is 15.8. The molecule has 0 fully saturated rings. The first kappa shape index (κ1) is 48.6. The standard InChI is InChI=1S/C81H59BN2O/c1-79(2,3)53-39-51(40-54(44-53)80(4,5)6)52-42-72-76-74(43-52)85-73-47-66-61(58-29-15-20-34-65(58)81(66)63-32-18-13-27-56(63)57-28-14-19-33-64(57)81)45-67(73)82(76)68-46-62-59-30-16-21-35-69(59)83(77(62)75-60-31-17-22-36-70(60)84(72)78(68)75)71-41-50(48-23-9-7-10-24-48)37-38-55(71)49-25-11-8-12-26-49/h7-47H,1-6H3. The van der Waals surface area contributed by atoms with Crippen molar-refractivity contribution in [3.8, 4) is 78.5 Å². The molecule has 0 amide bonds. The Balaban J connectivity index is 0.991. The van der Waals surface area contributed by atoms with Gasteiger partial charge < -0.3 is 13.9 Å². The number of benzene rings is 12. The third-order valence-electron chi connectivity index (χ3n) is 19.6. The molecule has 0 radical (unpaired) electrons. The van der Waals surface area contributed by atoms with Crippen molar-refractivity contribution in [3.05, 3.63) is 282 Å². The summed E-state index contributed by atoms with van der Waals surface area (Å²) in [5, 5.41) is 4.93. The van der Waals surface area contributed by atoms with Crippen LogP contribution >= 0.6 is 0 Å². The quantitative estimate of drug-likeness (QED) is 0.161. The van der Waals surface area contributed by atoms with Gasteiger partial charge in [-0.05, 0) is 147 Å². The lowest BCUT2D eigenvalue weighted by atomic mass is 9.34. The smallest absolute Gasteiger partial charge is 0.256 e. The molecule has 2 aliphatic carbocycles. The van der Waals surface area contributed by atoms with Crippen molar-refractivity contribution in [2.24, 2.45) is 0 Å². The van der Waals surface area contributed by atoms with E-state index in [1.54, 1.807) is 0 Å². The summed E-state index contributed by atoms with van der Waals surface area (Å²) >= 11 is 0. The Morgan fingerprint density at radius 3 is 1.52 bits per heavy atom. The van der Waals surface area contributed by atoms with Gasteiger partial charge in [0, 0.05) is 32.8 Å². The largest absolute Gasteiger partial charge is 0.458 e. The first-order chi connectivity index (χ1) is 41.4. The van der Waals surface area contributed by atoms with Crippen LogP contribution in [0.15, 0.2) is 249 Å². The molecule has 3 nitrogen and oxygen atoms in total. The number of rotatable bonds is 4. The minimum atomic E-state index is -0.523. The Labute approximate surface area is 496 Å². The molecular weight excluding hydrogens is 1030 g/mol. The highest BCUT2D eigenvalue weighted by atomic mass is 16.5. The summed E-state index contributed by atoms with van der Waals surface area (Å²) in [7, 11) is 0. The summed E-state index contributed by atoms with van der Waals surface area (Å²) in [5.74, 6) is 1.82. The van der Waals surface area contributed by atoms with Gasteiger partial charge in [0.1, 0.15) is 11.5 Å². The maximum absolute atomic E-state index is 7.79. The molecule has 12 aromatic carbocycles. The Morgan fingerprint density at radius 2 is 0.871 bits per heavy atom. The van der Waals surface area contributed by atoms with Gasteiger partial charge in [-0.2, -0.15) is 0 Å². The van der Waals surface area contributed by atoms with Crippen molar-refractivity contribution >= 4 is 66.7 Å². The average Bonchev–Trinajstić information content (AvgIpc) is 1.56.